The van der Waals surface area contributed by atoms with Gasteiger partial charge in [0.1, 0.15) is 12.4 Å². The Morgan fingerprint density at radius 2 is 2.00 bits per heavy atom. The lowest BCUT2D eigenvalue weighted by molar-refractivity contribution is 0.0322. The summed E-state index contributed by atoms with van der Waals surface area (Å²) < 4.78 is 11.4. The zero-order chi connectivity index (χ0) is 22.4. The van der Waals surface area contributed by atoms with Gasteiger partial charge >= 0.3 is 0 Å². The highest BCUT2D eigenvalue weighted by Gasteiger charge is 2.17. The van der Waals surface area contributed by atoms with Gasteiger partial charge in [-0.05, 0) is 57.4 Å². The molecule has 2 fully saturated rings. The zero-order valence-corrected chi connectivity index (χ0v) is 22.9. The van der Waals surface area contributed by atoms with Gasteiger partial charge in [-0.1, -0.05) is 18.6 Å². The number of guanidine groups is 1. The first-order chi connectivity index (χ1) is 15.7. The van der Waals surface area contributed by atoms with Crippen LogP contribution in [0.3, 0.4) is 0 Å². The number of morpholine rings is 1. The fraction of sp³-hybridized carbons (Fsp3) is 0.720. The van der Waals surface area contributed by atoms with E-state index in [1.54, 1.807) is 0 Å². The molecule has 0 radical (unpaired) electrons. The summed E-state index contributed by atoms with van der Waals surface area (Å²) in [5.74, 6) is 1.80. The number of nitrogens with zero attached hydrogens (tertiary/aromatic N) is 3. The second-order valence-corrected chi connectivity index (χ2v) is 8.81. The van der Waals surface area contributed by atoms with Gasteiger partial charge in [-0.3, -0.25) is 4.90 Å². The van der Waals surface area contributed by atoms with E-state index < -0.39 is 0 Å². The van der Waals surface area contributed by atoms with E-state index in [-0.39, 0.29) is 24.0 Å². The van der Waals surface area contributed by atoms with Crippen LogP contribution in [0.2, 0.25) is 0 Å². The van der Waals surface area contributed by atoms with Gasteiger partial charge in [-0.25, -0.2) is 4.99 Å². The van der Waals surface area contributed by atoms with E-state index in [2.05, 4.69) is 52.5 Å². The monoisotopic (exact) mass is 573 g/mol. The van der Waals surface area contributed by atoms with Crippen LogP contribution < -0.4 is 15.4 Å². The Hall–Kier alpha value is -1.10. The van der Waals surface area contributed by atoms with Crippen LogP contribution in [0.1, 0.15) is 45.1 Å². The molecule has 0 spiro atoms. The molecule has 0 aliphatic carbocycles. The Kier molecular flexibility index (Phi) is 14.1. The molecule has 1 unspecified atom stereocenters. The molecule has 1 aromatic rings. The van der Waals surface area contributed by atoms with Crippen LogP contribution in [0, 0.1) is 0 Å². The minimum atomic E-state index is 0. The van der Waals surface area contributed by atoms with Gasteiger partial charge in [0.2, 0.25) is 0 Å². The third kappa shape index (κ3) is 10.8. The van der Waals surface area contributed by atoms with Crippen molar-refractivity contribution in [2.75, 3.05) is 65.6 Å². The smallest absolute Gasteiger partial charge is 0.191 e. The Balaban J connectivity index is 0.00000385. The maximum atomic E-state index is 5.98. The number of aliphatic imine (C=N–C) groups is 1. The van der Waals surface area contributed by atoms with Crippen molar-refractivity contribution in [1.82, 2.24) is 20.4 Å². The lowest BCUT2D eigenvalue weighted by atomic mass is 10.0. The van der Waals surface area contributed by atoms with Crippen LogP contribution in [0.25, 0.3) is 0 Å². The molecule has 188 valence electrons. The maximum absolute atomic E-state index is 5.98. The van der Waals surface area contributed by atoms with E-state index in [9.17, 15) is 0 Å². The van der Waals surface area contributed by atoms with Gasteiger partial charge in [0, 0.05) is 45.3 Å². The van der Waals surface area contributed by atoms with Crippen LogP contribution in [0.15, 0.2) is 29.3 Å². The van der Waals surface area contributed by atoms with Crippen LogP contribution in [-0.4, -0.2) is 87.4 Å². The van der Waals surface area contributed by atoms with Crippen molar-refractivity contribution in [2.45, 2.75) is 52.1 Å². The zero-order valence-electron chi connectivity index (χ0n) is 20.6. The van der Waals surface area contributed by atoms with Crippen molar-refractivity contribution in [3.05, 3.63) is 29.8 Å². The molecule has 3 rings (SSSR count). The average molecular weight is 574 g/mol. The molecule has 2 saturated heterocycles. The Morgan fingerprint density at radius 3 is 2.79 bits per heavy atom. The molecule has 1 atom stereocenters. The molecular formula is C25H44IN5O2. The second-order valence-electron chi connectivity index (χ2n) is 8.81. The Labute approximate surface area is 217 Å². The molecule has 0 bridgehead atoms. The van der Waals surface area contributed by atoms with E-state index in [1.165, 1.54) is 25.8 Å². The Bertz CT molecular complexity index is 685. The maximum Gasteiger partial charge on any atom is 0.191 e. The molecule has 0 amide bonds. The number of piperidine rings is 1. The van der Waals surface area contributed by atoms with E-state index in [1.807, 2.05) is 6.07 Å². The van der Waals surface area contributed by atoms with E-state index in [0.717, 1.165) is 82.2 Å². The standard InChI is InChI=1S/C25H43N5O2.HI/c1-3-26-25(27-11-7-13-30-12-5-4-8-22(30)2)28-21-23-9-6-10-24(20-23)32-19-16-29-14-17-31-18-15-29;/h6,9-10,20,22H,3-5,7-8,11-19,21H2,1-2H3,(H2,26,27,28);1H. The summed E-state index contributed by atoms with van der Waals surface area (Å²) in [5, 5.41) is 6.86. The number of halogens is 1. The highest BCUT2D eigenvalue weighted by molar-refractivity contribution is 14.0. The first-order valence-electron chi connectivity index (χ1n) is 12.5. The van der Waals surface area contributed by atoms with Gasteiger partial charge in [0.15, 0.2) is 5.96 Å². The minimum absolute atomic E-state index is 0. The van der Waals surface area contributed by atoms with Gasteiger partial charge in [-0.15, -0.1) is 24.0 Å². The van der Waals surface area contributed by atoms with Crippen LogP contribution in [-0.2, 0) is 11.3 Å². The molecule has 2 aliphatic heterocycles. The molecule has 7 nitrogen and oxygen atoms in total. The SMILES string of the molecule is CCNC(=NCc1cccc(OCCN2CCOCC2)c1)NCCCN1CCCCC1C.I. The molecule has 1 aromatic carbocycles. The molecule has 33 heavy (non-hydrogen) atoms. The number of ether oxygens (including phenoxy) is 2. The highest BCUT2D eigenvalue weighted by Crippen LogP contribution is 2.16. The highest BCUT2D eigenvalue weighted by atomic mass is 127. The number of nitrogens with one attached hydrogen (secondary N) is 2. The van der Waals surface area contributed by atoms with Crippen molar-refractivity contribution >= 4 is 29.9 Å². The minimum Gasteiger partial charge on any atom is -0.492 e. The van der Waals surface area contributed by atoms with E-state index in [0.29, 0.717) is 13.2 Å². The molecule has 2 aliphatic rings. The number of hydrogen-bond donors (Lipinski definition) is 2. The predicted octanol–water partition coefficient (Wildman–Crippen LogP) is 3.34. The number of benzene rings is 1. The fourth-order valence-electron chi connectivity index (χ4n) is 4.34. The topological polar surface area (TPSA) is 61.4 Å². The van der Waals surface area contributed by atoms with Crippen molar-refractivity contribution in [1.29, 1.82) is 0 Å². The third-order valence-electron chi connectivity index (χ3n) is 6.30. The quantitative estimate of drug-likeness (QED) is 0.183. The van der Waals surface area contributed by atoms with E-state index >= 15 is 0 Å². The second kappa shape index (κ2) is 16.5. The summed E-state index contributed by atoms with van der Waals surface area (Å²) >= 11 is 0. The molecule has 8 heteroatoms. The summed E-state index contributed by atoms with van der Waals surface area (Å²) in [6, 6.07) is 9.02. The first-order valence-corrected chi connectivity index (χ1v) is 12.5. The van der Waals surface area contributed by atoms with E-state index in [4.69, 9.17) is 14.5 Å². The van der Waals surface area contributed by atoms with Crippen molar-refractivity contribution < 1.29 is 9.47 Å². The van der Waals surface area contributed by atoms with Crippen molar-refractivity contribution in [2.24, 2.45) is 4.99 Å². The van der Waals surface area contributed by atoms with Gasteiger partial charge in [-0.2, -0.15) is 0 Å². The van der Waals surface area contributed by atoms with Crippen LogP contribution >= 0.6 is 24.0 Å². The average Bonchev–Trinajstić information content (AvgIpc) is 2.82. The molecule has 0 aromatic heterocycles. The summed E-state index contributed by atoms with van der Waals surface area (Å²) in [7, 11) is 0. The first kappa shape index (κ1) is 28.1. The molecular weight excluding hydrogens is 529 g/mol. The molecule has 2 N–H and O–H groups in total. The van der Waals surface area contributed by atoms with Gasteiger partial charge < -0.3 is 25.0 Å². The fourth-order valence-corrected chi connectivity index (χ4v) is 4.34. The lowest BCUT2D eigenvalue weighted by Crippen LogP contribution is -2.41. The summed E-state index contributed by atoms with van der Waals surface area (Å²) in [6.07, 6.45) is 5.21. The van der Waals surface area contributed by atoms with Crippen LogP contribution in [0.4, 0.5) is 0 Å². The summed E-state index contributed by atoms with van der Waals surface area (Å²) in [6.45, 7) is 14.6. The van der Waals surface area contributed by atoms with Gasteiger partial charge in [0.05, 0.1) is 19.8 Å². The molecule has 2 heterocycles. The van der Waals surface area contributed by atoms with Crippen molar-refractivity contribution in [3.8, 4) is 5.75 Å². The number of likely N-dealkylation sites (tertiary alicyclic amines) is 1. The number of hydrogen-bond acceptors (Lipinski definition) is 5. The van der Waals surface area contributed by atoms with Crippen LogP contribution in [0.5, 0.6) is 5.75 Å². The lowest BCUT2D eigenvalue weighted by Gasteiger charge is -2.33. The normalized spacial score (nSPS) is 20.2. The Morgan fingerprint density at radius 1 is 1.15 bits per heavy atom. The largest absolute Gasteiger partial charge is 0.492 e. The summed E-state index contributed by atoms with van der Waals surface area (Å²) in [5.41, 5.74) is 1.16. The van der Waals surface area contributed by atoms with Crippen molar-refractivity contribution in [3.63, 3.8) is 0 Å². The third-order valence-corrected chi connectivity index (χ3v) is 6.30. The van der Waals surface area contributed by atoms with Gasteiger partial charge in [0.25, 0.3) is 0 Å². The summed E-state index contributed by atoms with van der Waals surface area (Å²) in [4.78, 5) is 9.79. The number of rotatable bonds is 11. The molecule has 0 saturated carbocycles. The predicted molar refractivity (Wildman–Crippen MR) is 147 cm³/mol.